The number of nitrogens with zero attached hydrogens (tertiary/aromatic N) is 1. The number of nitrogens with one attached hydrogen (secondary N) is 1. The molecule has 0 fully saturated rings. The number of halogens is 2. The smallest absolute Gasteiger partial charge is 0.141 e. The van der Waals surface area contributed by atoms with Crippen LogP contribution in [0.1, 0.15) is 12.5 Å². The van der Waals surface area contributed by atoms with Crippen molar-refractivity contribution in [2.75, 3.05) is 26.7 Å². The van der Waals surface area contributed by atoms with Crippen LogP contribution in [0, 0.1) is 5.82 Å². The summed E-state index contributed by atoms with van der Waals surface area (Å²) >= 11 is 5.72. The van der Waals surface area contributed by atoms with Crippen LogP contribution < -0.4 is 5.32 Å². The van der Waals surface area contributed by atoms with Crippen LogP contribution in [0.5, 0.6) is 0 Å². The Morgan fingerprint density at radius 2 is 2.22 bits per heavy atom. The molecule has 5 heteroatoms. The van der Waals surface area contributed by atoms with Gasteiger partial charge in [-0.05, 0) is 31.7 Å². The van der Waals surface area contributed by atoms with Gasteiger partial charge in [0.05, 0.1) is 11.6 Å². The van der Waals surface area contributed by atoms with Gasteiger partial charge in [0.25, 0.3) is 0 Å². The molecular weight excluding hydrogens is 255 g/mol. The van der Waals surface area contributed by atoms with Crippen LogP contribution in [0.25, 0.3) is 0 Å². The van der Waals surface area contributed by atoms with E-state index in [0.717, 1.165) is 12.1 Å². The topological polar surface area (TPSA) is 35.5 Å². The Morgan fingerprint density at radius 3 is 2.83 bits per heavy atom. The van der Waals surface area contributed by atoms with Crippen molar-refractivity contribution in [2.24, 2.45) is 0 Å². The molecule has 0 amide bonds. The second-order valence-electron chi connectivity index (χ2n) is 4.52. The highest BCUT2D eigenvalue weighted by Crippen LogP contribution is 2.15. The molecule has 18 heavy (non-hydrogen) atoms. The third-order valence-corrected chi connectivity index (χ3v) is 3.00. The quantitative estimate of drug-likeness (QED) is 0.797. The predicted octanol–water partition coefficient (Wildman–Crippen LogP) is 1.88. The summed E-state index contributed by atoms with van der Waals surface area (Å²) in [6, 6.07) is 5.01. The minimum Gasteiger partial charge on any atom is -0.395 e. The Labute approximate surface area is 113 Å². The fourth-order valence-electron chi connectivity index (χ4n) is 1.74. The first-order valence-electron chi connectivity index (χ1n) is 5.99. The van der Waals surface area contributed by atoms with Gasteiger partial charge in [-0.25, -0.2) is 4.39 Å². The van der Waals surface area contributed by atoms with E-state index in [1.807, 2.05) is 7.05 Å². The van der Waals surface area contributed by atoms with Gasteiger partial charge >= 0.3 is 0 Å². The molecule has 102 valence electrons. The number of likely N-dealkylation sites (N-methyl/N-ethyl adjacent to an activating group) is 1. The normalized spacial score (nSPS) is 13.0. The molecule has 1 unspecified atom stereocenters. The Balaban J connectivity index is 2.37. The summed E-state index contributed by atoms with van der Waals surface area (Å²) in [7, 11) is 1.96. The summed E-state index contributed by atoms with van der Waals surface area (Å²) in [5.74, 6) is -0.392. The van der Waals surface area contributed by atoms with Gasteiger partial charge in [0.15, 0.2) is 0 Å². The van der Waals surface area contributed by atoms with Crippen LogP contribution in [-0.2, 0) is 6.54 Å². The van der Waals surface area contributed by atoms with Gasteiger partial charge in [-0.3, -0.25) is 0 Å². The van der Waals surface area contributed by atoms with Crippen LogP contribution in [0.4, 0.5) is 4.39 Å². The summed E-state index contributed by atoms with van der Waals surface area (Å²) in [6.45, 7) is 4.38. The van der Waals surface area contributed by atoms with Crippen LogP contribution in [0.3, 0.4) is 0 Å². The predicted molar refractivity (Wildman–Crippen MR) is 72.3 cm³/mol. The zero-order valence-electron chi connectivity index (χ0n) is 10.8. The van der Waals surface area contributed by atoms with Gasteiger partial charge in [-0.1, -0.05) is 17.7 Å². The summed E-state index contributed by atoms with van der Waals surface area (Å²) in [4.78, 5) is 2.05. The molecule has 1 aromatic carbocycles. The van der Waals surface area contributed by atoms with Crippen molar-refractivity contribution in [3.05, 3.63) is 34.6 Å². The van der Waals surface area contributed by atoms with Crippen LogP contribution in [0.15, 0.2) is 18.2 Å². The Hall–Kier alpha value is -0.680. The molecule has 2 N–H and O–H groups in total. The van der Waals surface area contributed by atoms with Crippen molar-refractivity contribution in [3.8, 4) is 0 Å². The van der Waals surface area contributed by atoms with Crippen molar-refractivity contribution < 1.29 is 9.50 Å². The molecule has 1 aromatic rings. The zero-order chi connectivity index (χ0) is 13.5. The number of aliphatic hydroxyl groups excluding tert-OH is 1. The third kappa shape index (κ3) is 5.31. The second-order valence-corrected chi connectivity index (χ2v) is 4.92. The maximum atomic E-state index is 13.0. The van der Waals surface area contributed by atoms with Gasteiger partial charge in [0.2, 0.25) is 0 Å². The summed E-state index contributed by atoms with van der Waals surface area (Å²) < 4.78 is 13.0. The second kappa shape index (κ2) is 7.69. The number of hydrogen-bond donors (Lipinski definition) is 2. The lowest BCUT2D eigenvalue weighted by molar-refractivity contribution is 0.210. The molecule has 0 aliphatic heterocycles. The van der Waals surface area contributed by atoms with Crippen molar-refractivity contribution in [2.45, 2.75) is 19.5 Å². The van der Waals surface area contributed by atoms with E-state index in [1.54, 1.807) is 12.1 Å². The maximum absolute atomic E-state index is 13.0. The van der Waals surface area contributed by atoms with Gasteiger partial charge in [0, 0.05) is 25.7 Å². The lowest BCUT2D eigenvalue weighted by Crippen LogP contribution is -2.38. The van der Waals surface area contributed by atoms with Gasteiger partial charge in [-0.15, -0.1) is 0 Å². The first kappa shape index (κ1) is 15.4. The monoisotopic (exact) mass is 274 g/mol. The Morgan fingerprint density at radius 1 is 1.50 bits per heavy atom. The number of rotatable bonds is 7. The fourth-order valence-corrected chi connectivity index (χ4v) is 1.94. The van der Waals surface area contributed by atoms with E-state index in [2.05, 4.69) is 17.1 Å². The maximum Gasteiger partial charge on any atom is 0.141 e. The van der Waals surface area contributed by atoms with E-state index in [0.29, 0.717) is 13.1 Å². The van der Waals surface area contributed by atoms with Crippen molar-refractivity contribution in [1.29, 1.82) is 0 Å². The average Bonchev–Trinajstić information content (AvgIpc) is 2.31. The fraction of sp³-hybridized carbons (Fsp3) is 0.538. The van der Waals surface area contributed by atoms with E-state index < -0.39 is 5.82 Å². The van der Waals surface area contributed by atoms with E-state index in [-0.39, 0.29) is 17.7 Å². The van der Waals surface area contributed by atoms with Gasteiger partial charge < -0.3 is 15.3 Å². The SMILES string of the molecule is CC(CN(C)CCO)NCc1ccc(F)c(Cl)c1. The van der Waals surface area contributed by atoms with E-state index in [1.165, 1.54) is 6.07 Å². The van der Waals surface area contributed by atoms with Crippen molar-refractivity contribution in [3.63, 3.8) is 0 Å². The van der Waals surface area contributed by atoms with Crippen molar-refractivity contribution in [1.82, 2.24) is 10.2 Å². The molecular formula is C13H20ClFN2O. The number of hydrogen-bond acceptors (Lipinski definition) is 3. The third-order valence-electron chi connectivity index (χ3n) is 2.71. The minimum absolute atomic E-state index is 0.152. The Kier molecular flexibility index (Phi) is 6.57. The average molecular weight is 275 g/mol. The highest BCUT2D eigenvalue weighted by molar-refractivity contribution is 6.30. The van der Waals surface area contributed by atoms with E-state index >= 15 is 0 Å². The lowest BCUT2D eigenvalue weighted by atomic mass is 10.2. The first-order valence-corrected chi connectivity index (χ1v) is 6.37. The largest absolute Gasteiger partial charge is 0.395 e. The Bertz CT molecular complexity index is 376. The highest BCUT2D eigenvalue weighted by Gasteiger charge is 2.06. The van der Waals surface area contributed by atoms with Crippen LogP contribution in [-0.4, -0.2) is 42.8 Å². The molecule has 0 saturated carbocycles. The molecule has 0 aliphatic carbocycles. The molecule has 0 aliphatic rings. The molecule has 3 nitrogen and oxygen atoms in total. The molecule has 1 rings (SSSR count). The highest BCUT2D eigenvalue weighted by atomic mass is 35.5. The van der Waals surface area contributed by atoms with Gasteiger partial charge in [-0.2, -0.15) is 0 Å². The summed E-state index contributed by atoms with van der Waals surface area (Å²) in [5, 5.41) is 12.3. The molecule has 0 heterocycles. The molecule has 0 spiro atoms. The number of aliphatic hydroxyl groups is 1. The molecule has 1 atom stereocenters. The molecule has 0 bridgehead atoms. The molecule has 0 saturated heterocycles. The summed E-state index contributed by atoms with van der Waals surface area (Å²) in [5.41, 5.74) is 0.957. The standard InChI is InChI=1S/C13H20ClFN2O/c1-10(9-17(2)5-6-18)16-8-11-3-4-13(15)12(14)7-11/h3-4,7,10,16,18H,5-6,8-9H2,1-2H3. The van der Waals surface area contributed by atoms with E-state index in [9.17, 15) is 4.39 Å². The first-order chi connectivity index (χ1) is 8.52. The molecule has 0 radical (unpaired) electrons. The van der Waals surface area contributed by atoms with Gasteiger partial charge in [0.1, 0.15) is 5.82 Å². The minimum atomic E-state index is -0.392. The number of benzene rings is 1. The molecule has 0 aromatic heterocycles. The van der Waals surface area contributed by atoms with E-state index in [4.69, 9.17) is 16.7 Å². The summed E-state index contributed by atoms with van der Waals surface area (Å²) in [6.07, 6.45) is 0. The lowest BCUT2D eigenvalue weighted by Gasteiger charge is -2.21. The van der Waals surface area contributed by atoms with Crippen LogP contribution >= 0.6 is 11.6 Å². The van der Waals surface area contributed by atoms with Crippen molar-refractivity contribution >= 4 is 11.6 Å². The zero-order valence-corrected chi connectivity index (χ0v) is 11.5. The van der Waals surface area contributed by atoms with Crippen LogP contribution in [0.2, 0.25) is 5.02 Å².